The summed E-state index contributed by atoms with van der Waals surface area (Å²) in [7, 11) is 0. The van der Waals surface area contributed by atoms with Crippen LogP contribution in [0.2, 0.25) is 0 Å². The van der Waals surface area contributed by atoms with Crippen molar-refractivity contribution in [3.8, 4) is 66.8 Å². The van der Waals surface area contributed by atoms with E-state index in [9.17, 15) is 0 Å². The highest BCUT2D eigenvalue weighted by atomic mass is 15.1. The molecule has 62 heavy (non-hydrogen) atoms. The van der Waals surface area contributed by atoms with Gasteiger partial charge in [-0.15, -0.1) is 0 Å². The fourth-order valence-corrected chi connectivity index (χ4v) is 9.80. The van der Waals surface area contributed by atoms with Crippen LogP contribution in [0.15, 0.2) is 237 Å². The lowest BCUT2D eigenvalue weighted by Gasteiger charge is -2.31. The maximum atomic E-state index is 2.47. The van der Waals surface area contributed by atoms with Crippen LogP contribution >= 0.6 is 0 Å². The average Bonchev–Trinajstić information content (AvgIpc) is 3.57. The fraction of sp³-hybridized carbons (Fsp3) is 0.0492. The molecule has 0 atom stereocenters. The summed E-state index contributed by atoms with van der Waals surface area (Å²) in [6.45, 7) is 4.71. The van der Waals surface area contributed by atoms with Gasteiger partial charge in [-0.25, -0.2) is 0 Å². The number of hydrogen-bond acceptors (Lipinski definition) is 1. The topological polar surface area (TPSA) is 3.24 Å². The highest BCUT2D eigenvalue weighted by molar-refractivity contribution is 6.09. The van der Waals surface area contributed by atoms with E-state index in [2.05, 4.69) is 255 Å². The molecule has 1 heteroatoms. The highest BCUT2D eigenvalue weighted by Gasteiger charge is 2.35. The Hall–Kier alpha value is -7.74. The summed E-state index contributed by atoms with van der Waals surface area (Å²) >= 11 is 0. The molecule has 0 radical (unpaired) electrons. The second-order valence-electron chi connectivity index (χ2n) is 16.9. The van der Waals surface area contributed by atoms with Crippen LogP contribution in [0.1, 0.15) is 25.0 Å². The third-order valence-corrected chi connectivity index (χ3v) is 12.9. The molecule has 1 aliphatic rings. The van der Waals surface area contributed by atoms with Crippen molar-refractivity contribution in [2.45, 2.75) is 19.3 Å². The van der Waals surface area contributed by atoms with Gasteiger partial charge in [0.1, 0.15) is 0 Å². The Morgan fingerprint density at radius 1 is 0.290 bits per heavy atom. The number of rotatable bonds is 8. The van der Waals surface area contributed by atoms with Gasteiger partial charge >= 0.3 is 0 Å². The first-order valence-electron chi connectivity index (χ1n) is 21.6. The molecule has 0 aliphatic heterocycles. The molecule has 1 nitrogen and oxygen atoms in total. The van der Waals surface area contributed by atoms with Crippen LogP contribution in [0.25, 0.3) is 77.5 Å². The molecule has 0 heterocycles. The Morgan fingerprint density at radius 2 is 0.774 bits per heavy atom. The lowest BCUT2D eigenvalue weighted by atomic mass is 9.81. The fourth-order valence-electron chi connectivity index (χ4n) is 9.80. The molecule has 11 rings (SSSR count). The van der Waals surface area contributed by atoms with Crippen molar-refractivity contribution >= 4 is 27.8 Å². The third-order valence-electron chi connectivity index (χ3n) is 12.9. The van der Waals surface area contributed by atoms with Gasteiger partial charge in [0.2, 0.25) is 0 Å². The first-order chi connectivity index (χ1) is 30.5. The molecule has 10 aromatic carbocycles. The minimum atomic E-state index is -0.0654. The average molecular weight is 792 g/mol. The van der Waals surface area contributed by atoms with Gasteiger partial charge in [0.25, 0.3) is 0 Å². The van der Waals surface area contributed by atoms with Crippen LogP contribution in [0.5, 0.6) is 0 Å². The van der Waals surface area contributed by atoms with Crippen LogP contribution in [0.4, 0.5) is 17.1 Å². The largest absolute Gasteiger partial charge is 0.309 e. The number of para-hydroxylation sites is 1. The van der Waals surface area contributed by atoms with Crippen molar-refractivity contribution in [2.24, 2.45) is 0 Å². The molecule has 0 bridgehead atoms. The number of nitrogens with zero attached hydrogens (tertiary/aromatic N) is 1. The van der Waals surface area contributed by atoms with Gasteiger partial charge in [0.05, 0.1) is 11.4 Å². The molecule has 0 unspecified atom stereocenters. The van der Waals surface area contributed by atoms with Gasteiger partial charge in [-0.3, -0.25) is 0 Å². The molecular formula is C61H45N. The number of hydrogen-bond donors (Lipinski definition) is 0. The van der Waals surface area contributed by atoms with E-state index in [0.29, 0.717) is 0 Å². The predicted molar refractivity (Wildman–Crippen MR) is 263 cm³/mol. The summed E-state index contributed by atoms with van der Waals surface area (Å²) in [4.78, 5) is 2.47. The second-order valence-corrected chi connectivity index (χ2v) is 16.9. The van der Waals surface area contributed by atoms with Crippen molar-refractivity contribution in [1.29, 1.82) is 0 Å². The van der Waals surface area contributed by atoms with Gasteiger partial charge in [-0.05, 0) is 114 Å². The van der Waals surface area contributed by atoms with Crippen LogP contribution in [-0.4, -0.2) is 0 Å². The molecular weight excluding hydrogens is 747 g/mol. The molecule has 0 aromatic heterocycles. The molecule has 0 spiro atoms. The summed E-state index contributed by atoms with van der Waals surface area (Å²) in [5, 5.41) is 2.46. The highest BCUT2D eigenvalue weighted by Crippen LogP contribution is 2.51. The predicted octanol–water partition coefficient (Wildman–Crippen LogP) is 17.0. The Balaban J connectivity index is 1.12. The molecule has 294 valence electrons. The lowest BCUT2D eigenvalue weighted by Crippen LogP contribution is -2.14. The molecule has 10 aromatic rings. The summed E-state index contributed by atoms with van der Waals surface area (Å²) in [6, 6.07) is 86.7. The number of benzene rings is 10. The zero-order valence-corrected chi connectivity index (χ0v) is 35.0. The molecule has 0 saturated carbocycles. The van der Waals surface area contributed by atoms with Crippen LogP contribution in [0, 0.1) is 0 Å². The maximum absolute atomic E-state index is 2.47. The quantitative estimate of drug-likeness (QED) is 0.148. The minimum absolute atomic E-state index is 0.0654. The van der Waals surface area contributed by atoms with Crippen LogP contribution in [0.3, 0.4) is 0 Å². The standard InChI is InChI=1S/C61H45N/c1-61(2)56-30-14-12-26-51(56)52-38-34-48(41-57(52)61)43-32-36-49(37-33-43)62(59-39-35-47(42-18-6-3-7-19-42)40-55(59)45-22-10-5-11-23-45)58-31-15-13-27-53(58)54-29-17-25-46-24-16-28-50(60(46)54)44-20-8-4-9-21-44/h3-41H,1-2H3. The SMILES string of the molecule is CC1(C)c2ccccc2-c2ccc(-c3ccc(N(c4ccc(-c5ccccc5)cc4-c4ccccc4)c4ccccc4-c4cccc5cccc(-c6ccccc6)c45)cc3)cc21. The summed E-state index contributed by atoms with van der Waals surface area (Å²) in [5.41, 5.74) is 20.6. The van der Waals surface area contributed by atoms with E-state index < -0.39 is 0 Å². The van der Waals surface area contributed by atoms with Gasteiger partial charge in [-0.2, -0.15) is 0 Å². The van der Waals surface area contributed by atoms with Gasteiger partial charge in [-0.1, -0.05) is 214 Å². The van der Waals surface area contributed by atoms with Gasteiger partial charge in [0, 0.05) is 22.2 Å². The van der Waals surface area contributed by atoms with Crippen molar-refractivity contribution in [3.63, 3.8) is 0 Å². The van der Waals surface area contributed by atoms with E-state index in [0.717, 1.165) is 33.8 Å². The van der Waals surface area contributed by atoms with Crippen molar-refractivity contribution in [1.82, 2.24) is 0 Å². The molecule has 0 fully saturated rings. The Bertz CT molecular complexity index is 3230. The van der Waals surface area contributed by atoms with Crippen molar-refractivity contribution in [3.05, 3.63) is 248 Å². The Labute approximate surface area is 364 Å². The first kappa shape index (κ1) is 37.3. The first-order valence-corrected chi connectivity index (χ1v) is 21.6. The van der Waals surface area contributed by atoms with Crippen molar-refractivity contribution < 1.29 is 0 Å². The second kappa shape index (κ2) is 15.4. The van der Waals surface area contributed by atoms with Gasteiger partial charge in [0.15, 0.2) is 0 Å². The summed E-state index contributed by atoms with van der Waals surface area (Å²) in [6.07, 6.45) is 0. The lowest BCUT2D eigenvalue weighted by molar-refractivity contribution is 0.660. The third kappa shape index (κ3) is 6.42. The Morgan fingerprint density at radius 3 is 1.48 bits per heavy atom. The smallest absolute Gasteiger partial charge is 0.0540 e. The van der Waals surface area contributed by atoms with E-state index >= 15 is 0 Å². The zero-order valence-electron chi connectivity index (χ0n) is 35.0. The number of fused-ring (bicyclic) bond motifs is 4. The molecule has 1 aliphatic carbocycles. The Kier molecular flexibility index (Phi) is 9.24. The monoisotopic (exact) mass is 791 g/mol. The zero-order chi connectivity index (χ0) is 41.6. The van der Waals surface area contributed by atoms with Crippen LogP contribution in [-0.2, 0) is 5.41 Å². The van der Waals surface area contributed by atoms with E-state index in [1.807, 2.05) is 0 Å². The maximum Gasteiger partial charge on any atom is 0.0540 e. The summed E-state index contributed by atoms with van der Waals surface area (Å²) in [5.74, 6) is 0. The normalized spacial score (nSPS) is 12.5. The van der Waals surface area contributed by atoms with E-state index in [4.69, 9.17) is 0 Å². The number of anilines is 3. The summed E-state index contributed by atoms with van der Waals surface area (Å²) < 4.78 is 0. The van der Waals surface area contributed by atoms with E-state index in [-0.39, 0.29) is 5.41 Å². The van der Waals surface area contributed by atoms with Crippen LogP contribution < -0.4 is 4.90 Å². The molecule has 0 saturated heterocycles. The van der Waals surface area contributed by atoms with Gasteiger partial charge < -0.3 is 4.90 Å². The van der Waals surface area contributed by atoms with Crippen molar-refractivity contribution in [2.75, 3.05) is 4.90 Å². The minimum Gasteiger partial charge on any atom is -0.309 e. The van der Waals surface area contributed by atoms with E-state index in [1.165, 1.54) is 72.0 Å². The van der Waals surface area contributed by atoms with E-state index in [1.54, 1.807) is 0 Å². The molecule has 0 amide bonds. The molecule has 0 N–H and O–H groups in total.